The molecule has 136 valence electrons. The molecule has 6 heteroatoms. The Morgan fingerprint density at radius 2 is 2.00 bits per heavy atom. The Bertz CT molecular complexity index is 977. The van der Waals surface area contributed by atoms with Crippen molar-refractivity contribution in [1.82, 2.24) is 19.7 Å². The lowest BCUT2D eigenvalue weighted by Crippen LogP contribution is -2.20. The summed E-state index contributed by atoms with van der Waals surface area (Å²) in [5.41, 5.74) is 4.46. The van der Waals surface area contributed by atoms with Crippen LogP contribution in [0.3, 0.4) is 0 Å². The van der Waals surface area contributed by atoms with E-state index >= 15 is 0 Å². The first-order chi connectivity index (χ1) is 13.3. The quantitative estimate of drug-likeness (QED) is 0.757. The molecule has 0 bridgehead atoms. The van der Waals surface area contributed by atoms with Crippen LogP contribution in [0.2, 0.25) is 0 Å². The number of aromatic nitrogens is 4. The number of hydrogen-bond acceptors (Lipinski definition) is 5. The molecule has 0 fully saturated rings. The van der Waals surface area contributed by atoms with E-state index in [1.807, 2.05) is 48.1 Å². The van der Waals surface area contributed by atoms with E-state index in [0.29, 0.717) is 0 Å². The number of pyridine rings is 1. The van der Waals surface area contributed by atoms with Crippen LogP contribution in [0.4, 0.5) is 5.69 Å². The van der Waals surface area contributed by atoms with Crippen LogP contribution in [0.5, 0.6) is 0 Å². The average molecular weight is 359 g/mol. The normalized spacial score (nSPS) is 14.9. The van der Waals surface area contributed by atoms with Gasteiger partial charge in [-0.1, -0.05) is 18.2 Å². The van der Waals surface area contributed by atoms with E-state index < -0.39 is 0 Å². The zero-order valence-electron chi connectivity index (χ0n) is 15.1. The molecular formula is C21H21N5O. The second kappa shape index (κ2) is 7.55. The molecule has 0 spiro atoms. The van der Waals surface area contributed by atoms with Crippen LogP contribution in [0, 0.1) is 0 Å². The summed E-state index contributed by atoms with van der Waals surface area (Å²) in [6.45, 7) is 2.76. The third-order valence-corrected chi connectivity index (χ3v) is 4.70. The van der Waals surface area contributed by atoms with E-state index in [1.54, 1.807) is 6.33 Å². The number of hydrogen-bond donors (Lipinski definition) is 1. The van der Waals surface area contributed by atoms with Crippen LogP contribution in [0.25, 0.3) is 17.0 Å². The van der Waals surface area contributed by atoms with Gasteiger partial charge in [0, 0.05) is 36.4 Å². The zero-order valence-corrected chi connectivity index (χ0v) is 15.1. The summed E-state index contributed by atoms with van der Waals surface area (Å²) in [6, 6.07) is 12.2. The minimum atomic E-state index is -0.0743. The zero-order chi connectivity index (χ0) is 18.6. The molecule has 0 saturated heterocycles. The first-order valence-corrected chi connectivity index (χ1v) is 8.91. The molecule has 1 aromatic carbocycles. The maximum Gasteiger partial charge on any atom is 0.164 e. The fourth-order valence-electron chi connectivity index (χ4n) is 3.17. The van der Waals surface area contributed by atoms with Gasteiger partial charge in [0.05, 0.1) is 12.6 Å². The van der Waals surface area contributed by atoms with E-state index in [-0.39, 0.29) is 12.6 Å². The van der Waals surface area contributed by atoms with Crippen LogP contribution >= 0.6 is 0 Å². The topological polar surface area (TPSA) is 67.1 Å². The minimum Gasteiger partial charge on any atom is -0.394 e. The number of allylic oxidation sites excluding steroid dienone is 2. The summed E-state index contributed by atoms with van der Waals surface area (Å²) in [5, 5.41) is 17.7. The van der Waals surface area contributed by atoms with Gasteiger partial charge in [0.2, 0.25) is 0 Å². The van der Waals surface area contributed by atoms with E-state index in [2.05, 4.69) is 50.6 Å². The Labute approximate surface area is 158 Å². The molecular weight excluding hydrogens is 338 g/mol. The Hall–Kier alpha value is -3.25. The number of nitrogens with zero attached hydrogens (tertiary/aromatic N) is 5. The van der Waals surface area contributed by atoms with Gasteiger partial charge in [0.1, 0.15) is 6.33 Å². The van der Waals surface area contributed by atoms with Gasteiger partial charge in [-0.15, -0.1) is 10.2 Å². The summed E-state index contributed by atoms with van der Waals surface area (Å²) in [5.74, 6) is 0.754. The van der Waals surface area contributed by atoms with E-state index in [4.69, 9.17) is 0 Å². The van der Waals surface area contributed by atoms with E-state index in [9.17, 15) is 5.11 Å². The Kier molecular flexibility index (Phi) is 4.80. The van der Waals surface area contributed by atoms with Gasteiger partial charge in [-0.3, -0.25) is 4.98 Å². The molecule has 0 saturated carbocycles. The highest BCUT2D eigenvalue weighted by molar-refractivity contribution is 5.75. The Morgan fingerprint density at radius 3 is 2.81 bits per heavy atom. The second-order valence-corrected chi connectivity index (χ2v) is 6.54. The van der Waals surface area contributed by atoms with Crippen molar-refractivity contribution in [2.45, 2.75) is 13.0 Å². The summed E-state index contributed by atoms with van der Waals surface area (Å²) in [4.78, 5) is 6.30. The van der Waals surface area contributed by atoms with Crippen LogP contribution in [0.1, 0.15) is 18.5 Å². The summed E-state index contributed by atoms with van der Waals surface area (Å²) in [7, 11) is 0. The van der Waals surface area contributed by atoms with Gasteiger partial charge < -0.3 is 14.6 Å². The summed E-state index contributed by atoms with van der Waals surface area (Å²) < 4.78 is 1.90. The number of benzene rings is 1. The first-order valence-electron chi connectivity index (χ1n) is 8.91. The molecule has 1 atom stereocenters. The van der Waals surface area contributed by atoms with Crippen molar-refractivity contribution in [3.63, 3.8) is 0 Å². The fourth-order valence-corrected chi connectivity index (χ4v) is 3.17. The molecule has 0 aliphatic carbocycles. The predicted octanol–water partition coefficient (Wildman–Crippen LogP) is 3.31. The van der Waals surface area contributed by atoms with Gasteiger partial charge in [-0.2, -0.15) is 0 Å². The first kappa shape index (κ1) is 17.2. The molecule has 1 aliphatic rings. The maximum atomic E-state index is 9.47. The smallest absolute Gasteiger partial charge is 0.164 e. The minimum absolute atomic E-state index is 0.0414. The van der Waals surface area contributed by atoms with Crippen molar-refractivity contribution in [2.75, 3.05) is 18.1 Å². The fraction of sp³-hybridized carbons (Fsp3) is 0.190. The van der Waals surface area contributed by atoms with Gasteiger partial charge in [-0.25, -0.2) is 0 Å². The SMILES string of the molecule is C[C@@H](CO)n1cnnc1-c1cccc(N2C=CC=C(c3ccncc3)C2)c1. The van der Waals surface area contributed by atoms with Crippen molar-refractivity contribution in [3.05, 3.63) is 79.0 Å². The number of rotatable bonds is 5. The Balaban J connectivity index is 1.62. The molecule has 0 radical (unpaired) electrons. The lowest BCUT2D eigenvalue weighted by Gasteiger charge is -2.25. The van der Waals surface area contributed by atoms with Crippen molar-refractivity contribution >= 4 is 11.3 Å². The lowest BCUT2D eigenvalue weighted by molar-refractivity contribution is 0.239. The van der Waals surface area contributed by atoms with Gasteiger partial charge in [0.25, 0.3) is 0 Å². The monoisotopic (exact) mass is 359 g/mol. The van der Waals surface area contributed by atoms with Crippen LogP contribution in [0.15, 0.2) is 73.5 Å². The number of anilines is 1. The van der Waals surface area contributed by atoms with Crippen molar-refractivity contribution in [3.8, 4) is 11.4 Å². The standard InChI is InChI=1S/C21H21N5O/c1-16(14-27)26-15-23-24-21(26)18-4-2-6-20(12-18)25-11-3-5-19(13-25)17-7-9-22-10-8-17/h2-12,15-16,27H,13-14H2,1H3/t16-/m0/s1. The number of aliphatic hydroxyl groups is 1. The van der Waals surface area contributed by atoms with Crippen molar-refractivity contribution in [2.24, 2.45) is 0 Å². The predicted molar refractivity (Wildman–Crippen MR) is 106 cm³/mol. The largest absolute Gasteiger partial charge is 0.394 e. The Morgan fingerprint density at radius 1 is 1.15 bits per heavy atom. The molecule has 1 N–H and O–H groups in total. The third-order valence-electron chi connectivity index (χ3n) is 4.70. The highest BCUT2D eigenvalue weighted by Crippen LogP contribution is 2.28. The summed E-state index contributed by atoms with van der Waals surface area (Å²) in [6.07, 6.45) is 11.6. The van der Waals surface area contributed by atoms with Crippen LogP contribution in [-0.2, 0) is 0 Å². The highest BCUT2D eigenvalue weighted by atomic mass is 16.3. The highest BCUT2D eigenvalue weighted by Gasteiger charge is 2.15. The maximum absolute atomic E-state index is 9.47. The molecule has 0 unspecified atom stereocenters. The van der Waals surface area contributed by atoms with Gasteiger partial charge in [-0.05, 0) is 48.4 Å². The molecule has 2 aromatic heterocycles. The van der Waals surface area contributed by atoms with E-state index in [1.165, 1.54) is 11.1 Å². The molecule has 27 heavy (non-hydrogen) atoms. The molecule has 6 nitrogen and oxygen atoms in total. The third kappa shape index (κ3) is 3.52. The van der Waals surface area contributed by atoms with E-state index in [0.717, 1.165) is 23.6 Å². The van der Waals surface area contributed by atoms with Crippen molar-refractivity contribution in [1.29, 1.82) is 0 Å². The molecule has 0 amide bonds. The lowest BCUT2D eigenvalue weighted by atomic mass is 10.0. The average Bonchev–Trinajstić information content (AvgIpc) is 3.24. The molecule has 3 aromatic rings. The second-order valence-electron chi connectivity index (χ2n) is 6.54. The summed E-state index contributed by atoms with van der Waals surface area (Å²) >= 11 is 0. The molecule has 3 heterocycles. The van der Waals surface area contributed by atoms with Crippen LogP contribution < -0.4 is 4.90 Å². The molecule has 4 rings (SSSR count). The van der Waals surface area contributed by atoms with Crippen molar-refractivity contribution < 1.29 is 5.11 Å². The van der Waals surface area contributed by atoms with Gasteiger partial charge >= 0.3 is 0 Å². The van der Waals surface area contributed by atoms with Gasteiger partial charge in [0.15, 0.2) is 5.82 Å². The molecule has 1 aliphatic heterocycles. The van der Waals surface area contributed by atoms with Crippen LogP contribution in [-0.4, -0.2) is 38.0 Å². The number of aliphatic hydroxyl groups excluding tert-OH is 1.